The number of nitrogens with one attached hydrogen (secondary N) is 1. The number of aromatic nitrogens is 2. The number of carbonyl (C=O) groups is 1. The van der Waals surface area contributed by atoms with Gasteiger partial charge in [0.2, 0.25) is 0 Å². The van der Waals surface area contributed by atoms with Crippen LogP contribution in [0.25, 0.3) is 0 Å². The molecule has 1 aliphatic carbocycles. The van der Waals surface area contributed by atoms with Crippen molar-refractivity contribution >= 4 is 11.6 Å². The Morgan fingerprint density at radius 2 is 2.04 bits per heavy atom. The van der Waals surface area contributed by atoms with Gasteiger partial charge in [-0.05, 0) is 50.3 Å². The van der Waals surface area contributed by atoms with E-state index in [4.69, 9.17) is 0 Å². The fourth-order valence-corrected chi connectivity index (χ4v) is 4.05. The molecule has 6 heteroatoms. The summed E-state index contributed by atoms with van der Waals surface area (Å²) >= 11 is 0. The quantitative estimate of drug-likeness (QED) is 0.929. The van der Waals surface area contributed by atoms with Gasteiger partial charge in [-0.2, -0.15) is 0 Å². The Labute approximate surface area is 146 Å². The Morgan fingerprint density at radius 1 is 1.20 bits per heavy atom. The summed E-state index contributed by atoms with van der Waals surface area (Å²) in [6.45, 7) is 1.77. The second kappa shape index (κ2) is 6.86. The molecule has 0 bridgehead atoms. The summed E-state index contributed by atoms with van der Waals surface area (Å²) in [5.41, 5.74) is 0.989. The van der Waals surface area contributed by atoms with Gasteiger partial charge in [0.15, 0.2) is 0 Å². The minimum absolute atomic E-state index is 0.0584. The van der Waals surface area contributed by atoms with E-state index in [9.17, 15) is 9.18 Å². The molecule has 1 aliphatic heterocycles. The lowest BCUT2D eigenvalue weighted by molar-refractivity contribution is 0.0928. The number of nitrogens with zero attached hydrogens (tertiary/aromatic N) is 3. The average molecular weight is 342 g/mol. The molecule has 1 saturated carbocycles. The lowest BCUT2D eigenvalue weighted by atomic mass is 10.1. The van der Waals surface area contributed by atoms with Gasteiger partial charge in [0, 0.05) is 37.1 Å². The van der Waals surface area contributed by atoms with E-state index in [-0.39, 0.29) is 23.8 Å². The maximum Gasteiger partial charge on any atom is 0.251 e. The van der Waals surface area contributed by atoms with Gasteiger partial charge in [0.1, 0.15) is 5.82 Å². The molecule has 0 spiro atoms. The molecule has 2 fully saturated rings. The van der Waals surface area contributed by atoms with Crippen LogP contribution in [0.5, 0.6) is 0 Å². The predicted molar refractivity (Wildman–Crippen MR) is 94.2 cm³/mol. The zero-order valence-electron chi connectivity index (χ0n) is 14.2. The van der Waals surface area contributed by atoms with E-state index in [1.54, 1.807) is 24.7 Å². The summed E-state index contributed by atoms with van der Waals surface area (Å²) in [6.07, 6.45) is 10.7. The topological polar surface area (TPSA) is 50.2 Å². The smallest absolute Gasteiger partial charge is 0.251 e. The third kappa shape index (κ3) is 3.25. The van der Waals surface area contributed by atoms with Crippen LogP contribution in [0.4, 0.5) is 10.1 Å². The number of hydrogen-bond donors (Lipinski definition) is 1. The summed E-state index contributed by atoms with van der Waals surface area (Å²) in [7, 11) is 0. The standard InChI is InChI=1S/C19H23FN4O/c20-15-12-14(6-7-17(15)23-9-1-2-10-23)19(25)22-16-4-3-5-18(16)24-11-8-21-13-24/h6-8,11-13,16,18H,1-5,9-10H2,(H,22,25)/t16-,18+/m0/s1. The number of anilines is 1. The summed E-state index contributed by atoms with van der Waals surface area (Å²) in [6, 6.07) is 5.11. The summed E-state index contributed by atoms with van der Waals surface area (Å²) < 4.78 is 16.5. The molecular weight excluding hydrogens is 319 g/mol. The lowest BCUT2D eigenvalue weighted by Crippen LogP contribution is -2.38. The third-order valence-corrected chi connectivity index (χ3v) is 5.36. The Kier molecular flexibility index (Phi) is 4.42. The molecule has 1 aromatic carbocycles. The van der Waals surface area contributed by atoms with E-state index in [1.807, 2.05) is 11.1 Å². The van der Waals surface area contributed by atoms with Crippen LogP contribution >= 0.6 is 0 Å². The van der Waals surface area contributed by atoms with E-state index in [1.165, 1.54) is 6.07 Å². The molecule has 2 atom stereocenters. The number of amides is 1. The minimum Gasteiger partial charge on any atom is -0.369 e. The van der Waals surface area contributed by atoms with Gasteiger partial charge < -0.3 is 14.8 Å². The number of rotatable bonds is 4. The van der Waals surface area contributed by atoms with Gasteiger partial charge >= 0.3 is 0 Å². The van der Waals surface area contributed by atoms with Crippen molar-refractivity contribution in [3.63, 3.8) is 0 Å². The predicted octanol–water partition coefficient (Wildman–Crippen LogP) is 3.15. The van der Waals surface area contributed by atoms with Crippen molar-refractivity contribution in [1.82, 2.24) is 14.9 Å². The zero-order chi connectivity index (χ0) is 17.2. The highest BCUT2D eigenvalue weighted by Crippen LogP contribution is 2.30. The molecule has 0 unspecified atom stereocenters. The zero-order valence-corrected chi connectivity index (χ0v) is 14.2. The second-order valence-corrected chi connectivity index (χ2v) is 6.95. The van der Waals surface area contributed by atoms with Gasteiger partial charge in [-0.25, -0.2) is 9.37 Å². The van der Waals surface area contributed by atoms with Crippen LogP contribution in [0, 0.1) is 5.82 Å². The molecule has 25 heavy (non-hydrogen) atoms. The maximum absolute atomic E-state index is 14.4. The van der Waals surface area contributed by atoms with Crippen LogP contribution in [0.15, 0.2) is 36.9 Å². The molecule has 1 aromatic heterocycles. The Bertz CT molecular complexity index is 740. The Hall–Kier alpha value is -2.37. The SMILES string of the molecule is O=C(N[C@H]1CCC[C@H]1n1ccnc1)c1ccc(N2CCCC2)c(F)c1. The molecule has 2 aromatic rings. The second-order valence-electron chi connectivity index (χ2n) is 6.95. The third-order valence-electron chi connectivity index (χ3n) is 5.36. The van der Waals surface area contributed by atoms with E-state index in [0.717, 1.165) is 45.2 Å². The van der Waals surface area contributed by atoms with Gasteiger partial charge in [-0.3, -0.25) is 4.79 Å². The van der Waals surface area contributed by atoms with Crippen molar-refractivity contribution in [2.75, 3.05) is 18.0 Å². The largest absolute Gasteiger partial charge is 0.369 e. The van der Waals surface area contributed by atoms with Crippen LogP contribution in [-0.4, -0.2) is 34.6 Å². The first-order valence-electron chi connectivity index (χ1n) is 9.05. The van der Waals surface area contributed by atoms with Crippen molar-refractivity contribution < 1.29 is 9.18 Å². The number of imidazole rings is 1. The minimum atomic E-state index is -0.313. The van der Waals surface area contributed by atoms with Crippen LogP contribution in [0.3, 0.4) is 0 Å². The number of hydrogen-bond acceptors (Lipinski definition) is 3. The van der Waals surface area contributed by atoms with Gasteiger partial charge in [0.05, 0.1) is 18.1 Å². The highest BCUT2D eigenvalue weighted by Gasteiger charge is 2.30. The average Bonchev–Trinajstić information content (AvgIpc) is 3.36. The maximum atomic E-state index is 14.4. The summed E-state index contributed by atoms with van der Waals surface area (Å²) in [4.78, 5) is 18.7. The first-order chi connectivity index (χ1) is 12.2. The molecule has 2 aliphatic rings. The molecule has 1 N–H and O–H groups in total. The highest BCUT2D eigenvalue weighted by molar-refractivity contribution is 5.94. The monoisotopic (exact) mass is 342 g/mol. The molecule has 1 saturated heterocycles. The molecular formula is C19H23FN4O. The van der Waals surface area contributed by atoms with E-state index in [0.29, 0.717) is 11.3 Å². The fraction of sp³-hybridized carbons (Fsp3) is 0.474. The normalized spacial score (nSPS) is 23.2. The van der Waals surface area contributed by atoms with Crippen molar-refractivity contribution in [3.05, 3.63) is 48.3 Å². The molecule has 0 radical (unpaired) electrons. The number of benzene rings is 1. The van der Waals surface area contributed by atoms with Crippen molar-refractivity contribution in [3.8, 4) is 0 Å². The molecule has 5 nitrogen and oxygen atoms in total. The first-order valence-corrected chi connectivity index (χ1v) is 9.05. The van der Waals surface area contributed by atoms with Gasteiger partial charge in [-0.15, -0.1) is 0 Å². The summed E-state index contributed by atoms with van der Waals surface area (Å²) in [5.74, 6) is -0.518. The molecule has 2 heterocycles. The van der Waals surface area contributed by atoms with Crippen molar-refractivity contribution in [2.24, 2.45) is 0 Å². The molecule has 132 valence electrons. The molecule has 4 rings (SSSR count). The molecule has 1 amide bonds. The van der Waals surface area contributed by atoms with Crippen molar-refractivity contribution in [1.29, 1.82) is 0 Å². The number of halogens is 1. The van der Waals surface area contributed by atoms with Crippen LogP contribution in [-0.2, 0) is 0 Å². The van der Waals surface area contributed by atoms with Gasteiger partial charge in [-0.1, -0.05) is 0 Å². The Balaban J connectivity index is 1.46. The summed E-state index contributed by atoms with van der Waals surface area (Å²) in [5, 5.41) is 3.08. The van der Waals surface area contributed by atoms with E-state index in [2.05, 4.69) is 14.9 Å². The van der Waals surface area contributed by atoms with Crippen molar-refractivity contribution in [2.45, 2.75) is 44.2 Å². The van der Waals surface area contributed by atoms with Gasteiger partial charge in [0.25, 0.3) is 5.91 Å². The lowest BCUT2D eigenvalue weighted by Gasteiger charge is -2.23. The highest BCUT2D eigenvalue weighted by atomic mass is 19.1. The van der Waals surface area contributed by atoms with Crippen LogP contribution in [0.2, 0.25) is 0 Å². The Morgan fingerprint density at radius 3 is 2.76 bits per heavy atom. The first kappa shape index (κ1) is 16.1. The van der Waals surface area contributed by atoms with Crippen LogP contribution in [0.1, 0.15) is 48.5 Å². The van der Waals surface area contributed by atoms with E-state index < -0.39 is 0 Å². The number of carbonyl (C=O) groups excluding carboxylic acids is 1. The fourth-order valence-electron chi connectivity index (χ4n) is 4.05. The van der Waals surface area contributed by atoms with Crippen LogP contribution < -0.4 is 10.2 Å². The van der Waals surface area contributed by atoms with E-state index >= 15 is 0 Å².